The Hall–Kier alpha value is -2.36. The average molecular weight is 286 g/mol. The highest BCUT2D eigenvalue weighted by atomic mass is 19.1. The summed E-state index contributed by atoms with van der Waals surface area (Å²) in [5.74, 6) is -0.368. The predicted molar refractivity (Wildman–Crippen MR) is 83.0 cm³/mol. The van der Waals surface area contributed by atoms with Crippen LogP contribution in [0.25, 0.3) is 0 Å². The number of halogens is 1. The van der Waals surface area contributed by atoms with Crippen molar-refractivity contribution in [2.24, 2.45) is 0 Å². The zero-order chi connectivity index (χ0) is 15.4. The topological polar surface area (TPSA) is 41.1 Å². The lowest BCUT2D eigenvalue weighted by molar-refractivity contribution is 0.0962. The number of benzene rings is 2. The lowest BCUT2D eigenvalue weighted by Gasteiger charge is -2.19. The number of hydrogen-bond donors (Lipinski definition) is 2. The Morgan fingerprint density at radius 2 is 1.86 bits per heavy atom. The van der Waals surface area contributed by atoms with Crippen molar-refractivity contribution in [3.8, 4) is 0 Å². The fourth-order valence-electron chi connectivity index (χ4n) is 2.31. The fourth-order valence-corrected chi connectivity index (χ4v) is 2.31. The second-order valence-electron chi connectivity index (χ2n) is 4.94. The standard InChI is InChI=1S/C17H19FN2O/c1-11-13(17(21)19-3)8-6-10-16(11)20-12(2)14-7-4-5-9-15(14)18/h4-10,12,20H,1-3H3,(H,19,21). The van der Waals surface area contributed by atoms with Crippen LogP contribution in [0.4, 0.5) is 10.1 Å². The lowest BCUT2D eigenvalue weighted by atomic mass is 10.0. The molecule has 0 aliphatic heterocycles. The van der Waals surface area contributed by atoms with Gasteiger partial charge in [0.15, 0.2) is 0 Å². The minimum atomic E-state index is -0.238. The first-order chi connectivity index (χ1) is 10.0. The number of carbonyl (C=O) groups is 1. The molecule has 0 fully saturated rings. The summed E-state index contributed by atoms with van der Waals surface area (Å²) in [6, 6.07) is 12.0. The molecule has 2 rings (SSSR count). The van der Waals surface area contributed by atoms with E-state index in [4.69, 9.17) is 0 Å². The number of rotatable bonds is 4. The van der Waals surface area contributed by atoms with E-state index in [1.165, 1.54) is 6.07 Å². The van der Waals surface area contributed by atoms with Crippen LogP contribution in [0.3, 0.4) is 0 Å². The summed E-state index contributed by atoms with van der Waals surface area (Å²) in [4.78, 5) is 11.8. The van der Waals surface area contributed by atoms with Crippen molar-refractivity contribution in [2.45, 2.75) is 19.9 Å². The van der Waals surface area contributed by atoms with E-state index in [0.717, 1.165) is 11.3 Å². The average Bonchev–Trinajstić information content (AvgIpc) is 2.49. The third kappa shape index (κ3) is 3.21. The van der Waals surface area contributed by atoms with Gasteiger partial charge in [-0.25, -0.2) is 4.39 Å². The van der Waals surface area contributed by atoms with Gasteiger partial charge in [0.2, 0.25) is 0 Å². The third-order valence-corrected chi connectivity index (χ3v) is 3.55. The van der Waals surface area contributed by atoms with E-state index in [-0.39, 0.29) is 17.8 Å². The maximum absolute atomic E-state index is 13.8. The molecule has 21 heavy (non-hydrogen) atoms. The van der Waals surface area contributed by atoms with E-state index in [2.05, 4.69) is 10.6 Å². The minimum absolute atomic E-state index is 0.130. The van der Waals surface area contributed by atoms with Gasteiger partial charge >= 0.3 is 0 Å². The van der Waals surface area contributed by atoms with Crippen molar-refractivity contribution in [1.82, 2.24) is 5.32 Å². The van der Waals surface area contributed by atoms with E-state index >= 15 is 0 Å². The second-order valence-corrected chi connectivity index (χ2v) is 4.94. The molecule has 1 atom stereocenters. The molecule has 0 aliphatic rings. The van der Waals surface area contributed by atoms with Crippen molar-refractivity contribution in [1.29, 1.82) is 0 Å². The molecule has 2 N–H and O–H groups in total. The summed E-state index contributed by atoms with van der Waals surface area (Å²) < 4.78 is 13.8. The van der Waals surface area contributed by atoms with Crippen LogP contribution in [0, 0.1) is 12.7 Å². The summed E-state index contributed by atoms with van der Waals surface area (Å²) in [5.41, 5.74) is 2.89. The van der Waals surface area contributed by atoms with Crippen molar-refractivity contribution in [3.05, 3.63) is 65.0 Å². The van der Waals surface area contributed by atoms with Crippen LogP contribution in [0.15, 0.2) is 42.5 Å². The van der Waals surface area contributed by atoms with Gasteiger partial charge in [0.25, 0.3) is 5.91 Å². The maximum Gasteiger partial charge on any atom is 0.251 e. The molecule has 0 radical (unpaired) electrons. The molecule has 2 aromatic carbocycles. The largest absolute Gasteiger partial charge is 0.378 e. The van der Waals surface area contributed by atoms with E-state index in [9.17, 15) is 9.18 Å². The molecule has 0 aliphatic carbocycles. The Labute approximate surface area is 124 Å². The molecule has 0 spiro atoms. The number of nitrogens with one attached hydrogen (secondary N) is 2. The van der Waals surface area contributed by atoms with Crippen LogP contribution in [0.5, 0.6) is 0 Å². The second kappa shape index (κ2) is 6.39. The molecule has 4 heteroatoms. The number of hydrogen-bond acceptors (Lipinski definition) is 2. The van der Waals surface area contributed by atoms with E-state index in [1.54, 1.807) is 25.2 Å². The Morgan fingerprint density at radius 3 is 2.52 bits per heavy atom. The van der Waals surface area contributed by atoms with Crippen LogP contribution in [-0.2, 0) is 0 Å². The molecule has 0 saturated carbocycles. The molecule has 110 valence electrons. The fraction of sp³-hybridized carbons (Fsp3) is 0.235. The summed E-state index contributed by atoms with van der Waals surface area (Å²) >= 11 is 0. The molecule has 0 bridgehead atoms. The lowest BCUT2D eigenvalue weighted by Crippen LogP contribution is -2.19. The Bertz CT molecular complexity index is 655. The molecular weight excluding hydrogens is 267 g/mol. The van der Waals surface area contributed by atoms with Gasteiger partial charge in [0.05, 0.1) is 6.04 Å². The minimum Gasteiger partial charge on any atom is -0.378 e. The van der Waals surface area contributed by atoms with Crippen LogP contribution >= 0.6 is 0 Å². The quantitative estimate of drug-likeness (QED) is 0.900. The number of amides is 1. The third-order valence-electron chi connectivity index (χ3n) is 3.55. The van der Waals surface area contributed by atoms with Crippen molar-refractivity contribution in [2.75, 3.05) is 12.4 Å². The van der Waals surface area contributed by atoms with E-state index < -0.39 is 0 Å². The first-order valence-corrected chi connectivity index (χ1v) is 6.87. The van der Waals surface area contributed by atoms with E-state index in [0.29, 0.717) is 11.1 Å². The zero-order valence-corrected chi connectivity index (χ0v) is 12.4. The normalized spacial score (nSPS) is 11.8. The zero-order valence-electron chi connectivity index (χ0n) is 12.4. The highest BCUT2D eigenvalue weighted by molar-refractivity contribution is 5.96. The van der Waals surface area contributed by atoms with Crippen molar-refractivity contribution in [3.63, 3.8) is 0 Å². The van der Waals surface area contributed by atoms with Crippen LogP contribution in [-0.4, -0.2) is 13.0 Å². The SMILES string of the molecule is CNC(=O)c1cccc(NC(C)c2ccccc2F)c1C. The summed E-state index contributed by atoms with van der Waals surface area (Å²) in [5, 5.41) is 5.88. The maximum atomic E-state index is 13.8. The van der Waals surface area contributed by atoms with Gasteiger partial charge in [-0.15, -0.1) is 0 Å². The molecule has 1 unspecified atom stereocenters. The van der Waals surface area contributed by atoms with Gasteiger partial charge in [-0.1, -0.05) is 24.3 Å². The Kier molecular flexibility index (Phi) is 4.58. The number of anilines is 1. The molecule has 0 aromatic heterocycles. The molecular formula is C17H19FN2O. The monoisotopic (exact) mass is 286 g/mol. The molecule has 3 nitrogen and oxygen atoms in total. The first kappa shape index (κ1) is 15.0. The van der Waals surface area contributed by atoms with Gasteiger partial charge in [-0.2, -0.15) is 0 Å². The molecule has 0 heterocycles. The molecule has 2 aromatic rings. The predicted octanol–water partition coefficient (Wildman–Crippen LogP) is 3.67. The van der Waals surface area contributed by atoms with Crippen LogP contribution < -0.4 is 10.6 Å². The van der Waals surface area contributed by atoms with E-state index in [1.807, 2.05) is 32.0 Å². The van der Waals surface area contributed by atoms with Crippen molar-refractivity contribution < 1.29 is 9.18 Å². The summed E-state index contributed by atoms with van der Waals surface area (Å²) in [6.07, 6.45) is 0. The van der Waals surface area contributed by atoms with Gasteiger partial charge in [-0.3, -0.25) is 4.79 Å². The van der Waals surface area contributed by atoms with Gasteiger partial charge < -0.3 is 10.6 Å². The summed E-state index contributed by atoms with van der Waals surface area (Å²) in [6.45, 7) is 3.77. The highest BCUT2D eigenvalue weighted by Gasteiger charge is 2.14. The van der Waals surface area contributed by atoms with Crippen LogP contribution in [0.2, 0.25) is 0 Å². The van der Waals surface area contributed by atoms with Crippen molar-refractivity contribution >= 4 is 11.6 Å². The van der Waals surface area contributed by atoms with Gasteiger partial charge in [0, 0.05) is 23.9 Å². The summed E-state index contributed by atoms with van der Waals surface area (Å²) in [7, 11) is 1.60. The first-order valence-electron chi connectivity index (χ1n) is 6.87. The number of carbonyl (C=O) groups excluding carboxylic acids is 1. The smallest absolute Gasteiger partial charge is 0.251 e. The highest BCUT2D eigenvalue weighted by Crippen LogP contribution is 2.25. The van der Waals surface area contributed by atoms with Gasteiger partial charge in [-0.05, 0) is 37.6 Å². The van der Waals surface area contributed by atoms with Gasteiger partial charge in [0.1, 0.15) is 5.82 Å². The molecule has 1 amide bonds. The Morgan fingerprint density at radius 1 is 1.14 bits per heavy atom. The Balaban J connectivity index is 2.28. The van der Waals surface area contributed by atoms with Crippen LogP contribution in [0.1, 0.15) is 34.5 Å². The molecule has 0 saturated heterocycles.